The molecule has 0 bridgehead atoms. The van der Waals surface area contributed by atoms with Gasteiger partial charge in [0.1, 0.15) is 5.75 Å². The molecule has 0 spiro atoms. The van der Waals surface area contributed by atoms with Crippen LogP contribution in [0.15, 0.2) is 65.9 Å². The SMILES string of the molecule is COc1ccc2c(c1)C/C(=C/C=C1\N(C)c3ccccc3C1(C)C)C2=O. The molecule has 1 aliphatic carbocycles. The zero-order valence-electron chi connectivity index (χ0n) is 15.7. The van der Waals surface area contributed by atoms with Crippen molar-refractivity contribution >= 4 is 11.5 Å². The van der Waals surface area contributed by atoms with Crippen molar-refractivity contribution in [2.75, 3.05) is 19.1 Å². The van der Waals surface area contributed by atoms with Crippen LogP contribution >= 0.6 is 0 Å². The number of ether oxygens (including phenoxy) is 1. The van der Waals surface area contributed by atoms with Gasteiger partial charge < -0.3 is 9.64 Å². The highest BCUT2D eigenvalue weighted by Gasteiger charge is 2.37. The number of hydrogen-bond acceptors (Lipinski definition) is 3. The molecule has 2 aliphatic rings. The molecule has 0 N–H and O–H groups in total. The van der Waals surface area contributed by atoms with Gasteiger partial charge in [-0.2, -0.15) is 0 Å². The average molecular weight is 345 g/mol. The number of nitrogens with zero attached hydrogens (tertiary/aromatic N) is 1. The molecule has 26 heavy (non-hydrogen) atoms. The number of carbonyl (C=O) groups excluding carboxylic acids is 1. The van der Waals surface area contributed by atoms with Crippen LogP contribution in [-0.4, -0.2) is 19.9 Å². The number of methoxy groups -OCH3 is 1. The lowest BCUT2D eigenvalue weighted by Gasteiger charge is -2.23. The molecule has 2 aromatic rings. The second-order valence-corrected chi connectivity index (χ2v) is 7.47. The summed E-state index contributed by atoms with van der Waals surface area (Å²) in [5, 5.41) is 0. The Balaban J connectivity index is 1.69. The number of allylic oxidation sites excluding steroid dienone is 4. The van der Waals surface area contributed by atoms with Gasteiger partial charge in [0.15, 0.2) is 5.78 Å². The number of ketones is 1. The average Bonchev–Trinajstić information content (AvgIpc) is 3.05. The number of rotatable bonds is 2. The van der Waals surface area contributed by atoms with Gasteiger partial charge in [0.05, 0.1) is 7.11 Å². The normalized spacial score (nSPS) is 20.6. The van der Waals surface area contributed by atoms with Crippen LogP contribution in [0, 0.1) is 0 Å². The fourth-order valence-corrected chi connectivity index (χ4v) is 4.14. The Morgan fingerprint density at radius 1 is 1.12 bits per heavy atom. The maximum Gasteiger partial charge on any atom is 0.189 e. The van der Waals surface area contributed by atoms with Gasteiger partial charge in [0, 0.05) is 41.4 Å². The Morgan fingerprint density at radius 2 is 1.88 bits per heavy atom. The Hall–Kier alpha value is -2.81. The van der Waals surface area contributed by atoms with Gasteiger partial charge in [-0.3, -0.25) is 4.79 Å². The number of fused-ring (bicyclic) bond motifs is 2. The molecule has 0 radical (unpaired) electrons. The van der Waals surface area contributed by atoms with Crippen LogP contribution in [0.3, 0.4) is 0 Å². The lowest BCUT2D eigenvalue weighted by molar-refractivity contribution is 0.103. The number of Topliss-reactive ketones (excluding diaryl/α,β-unsaturated/α-hetero) is 1. The molecule has 3 heteroatoms. The zero-order valence-corrected chi connectivity index (χ0v) is 15.7. The number of carbonyl (C=O) groups is 1. The van der Waals surface area contributed by atoms with Crippen molar-refractivity contribution in [1.82, 2.24) is 0 Å². The second-order valence-electron chi connectivity index (χ2n) is 7.47. The summed E-state index contributed by atoms with van der Waals surface area (Å²) in [7, 11) is 3.74. The van der Waals surface area contributed by atoms with Crippen LogP contribution in [0.5, 0.6) is 5.75 Å². The van der Waals surface area contributed by atoms with Gasteiger partial charge in [-0.1, -0.05) is 38.1 Å². The van der Waals surface area contributed by atoms with Crippen molar-refractivity contribution in [1.29, 1.82) is 0 Å². The summed E-state index contributed by atoms with van der Waals surface area (Å²) in [4.78, 5) is 14.9. The van der Waals surface area contributed by atoms with Crippen LogP contribution in [-0.2, 0) is 11.8 Å². The summed E-state index contributed by atoms with van der Waals surface area (Å²) in [6.07, 6.45) is 4.76. The van der Waals surface area contributed by atoms with E-state index in [0.717, 1.165) is 22.4 Å². The molecule has 0 aromatic heterocycles. The first-order chi connectivity index (χ1) is 12.4. The van der Waals surface area contributed by atoms with Crippen molar-refractivity contribution in [3.05, 3.63) is 82.6 Å². The predicted octanol–water partition coefficient (Wildman–Crippen LogP) is 4.67. The molecular weight excluding hydrogens is 322 g/mol. The molecule has 0 saturated heterocycles. The van der Waals surface area contributed by atoms with Crippen molar-refractivity contribution < 1.29 is 9.53 Å². The lowest BCUT2D eigenvalue weighted by Crippen LogP contribution is -2.22. The number of hydrogen-bond donors (Lipinski definition) is 0. The minimum atomic E-state index is -0.0832. The van der Waals surface area contributed by atoms with Crippen molar-refractivity contribution in [3.8, 4) is 5.75 Å². The van der Waals surface area contributed by atoms with Crippen LogP contribution in [0.25, 0.3) is 0 Å². The Kier molecular flexibility index (Phi) is 3.76. The van der Waals surface area contributed by atoms with E-state index in [1.165, 1.54) is 16.9 Å². The van der Waals surface area contributed by atoms with E-state index in [4.69, 9.17) is 4.74 Å². The van der Waals surface area contributed by atoms with Crippen molar-refractivity contribution in [3.63, 3.8) is 0 Å². The van der Waals surface area contributed by atoms with E-state index in [0.29, 0.717) is 6.42 Å². The topological polar surface area (TPSA) is 29.5 Å². The van der Waals surface area contributed by atoms with E-state index < -0.39 is 0 Å². The molecular formula is C23H23NO2. The molecule has 0 fully saturated rings. The summed E-state index contributed by atoms with van der Waals surface area (Å²) in [5.41, 5.74) is 6.33. The van der Waals surface area contributed by atoms with Crippen LogP contribution in [0.4, 0.5) is 5.69 Å². The maximum absolute atomic E-state index is 12.7. The summed E-state index contributed by atoms with van der Waals surface area (Å²) >= 11 is 0. The minimum absolute atomic E-state index is 0.0832. The van der Waals surface area contributed by atoms with Crippen LogP contribution in [0.2, 0.25) is 0 Å². The van der Waals surface area contributed by atoms with Crippen LogP contribution in [0.1, 0.15) is 35.3 Å². The molecule has 132 valence electrons. The van der Waals surface area contributed by atoms with Gasteiger partial charge in [0.25, 0.3) is 0 Å². The van der Waals surface area contributed by atoms with E-state index in [2.05, 4.69) is 56.1 Å². The molecule has 2 aromatic carbocycles. The lowest BCUT2D eigenvalue weighted by atomic mass is 9.83. The minimum Gasteiger partial charge on any atom is -0.497 e. The zero-order chi connectivity index (χ0) is 18.5. The number of likely N-dealkylation sites (N-methyl/N-ethyl adjacent to an activating group) is 1. The first-order valence-corrected chi connectivity index (χ1v) is 8.89. The van der Waals surface area contributed by atoms with Gasteiger partial charge >= 0.3 is 0 Å². The smallest absolute Gasteiger partial charge is 0.189 e. The first kappa shape index (κ1) is 16.6. The standard InChI is InChI=1S/C23H23NO2/c1-23(2)19-7-5-6-8-20(19)24(3)21(23)12-9-15-13-16-14-17(26-4)10-11-18(16)22(15)25/h5-12,14H,13H2,1-4H3/b15-9-,21-12-. The highest BCUT2D eigenvalue weighted by Crippen LogP contribution is 2.46. The third kappa shape index (κ3) is 2.38. The van der Waals surface area contributed by atoms with E-state index >= 15 is 0 Å². The maximum atomic E-state index is 12.7. The second kappa shape index (κ2) is 5.87. The van der Waals surface area contributed by atoms with Gasteiger partial charge in [-0.25, -0.2) is 0 Å². The number of benzene rings is 2. The predicted molar refractivity (Wildman–Crippen MR) is 105 cm³/mol. The third-order valence-corrected chi connectivity index (χ3v) is 5.61. The Labute approximate surface area is 154 Å². The Morgan fingerprint density at radius 3 is 2.62 bits per heavy atom. The van der Waals surface area contributed by atoms with Gasteiger partial charge in [0.2, 0.25) is 0 Å². The van der Waals surface area contributed by atoms with E-state index in [1.54, 1.807) is 7.11 Å². The van der Waals surface area contributed by atoms with Crippen molar-refractivity contribution in [2.24, 2.45) is 0 Å². The molecule has 4 rings (SSSR count). The summed E-state index contributed by atoms with van der Waals surface area (Å²) < 4.78 is 5.28. The summed E-state index contributed by atoms with van der Waals surface area (Å²) in [6.45, 7) is 4.46. The highest BCUT2D eigenvalue weighted by molar-refractivity contribution is 6.13. The van der Waals surface area contributed by atoms with Gasteiger partial charge in [-0.05, 0) is 41.5 Å². The molecule has 0 atom stereocenters. The molecule has 3 nitrogen and oxygen atoms in total. The number of anilines is 1. The van der Waals surface area contributed by atoms with E-state index in [9.17, 15) is 4.79 Å². The fourth-order valence-electron chi connectivity index (χ4n) is 4.14. The first-order valence-electron chi connectivity index (χ1n) is 8.89. The molecule has 1 aliphatic heterocycles. The summed E-state index contributed by atoms with van der Waals surface area (Å²) in [6, 6.07) is 14.2. The quantitative estimate of drug-likeness (QED) is 0.741. The highest BCUT2D eigenvalue weighted by atomic mass is 16.5. The van der Waals surface area contributed by atoms with Gasteiger partial charge in [-0.15, -0.1) is 0 Å². The molecule has 0 amide bonds. The van der Waals surface area contributed by atoms with Crippen molar-refractivity contribution in [2.45, 2.75) is 25.7 Å². The largest absolute Gasteiger partial charge is 0.497 e. The molecule has 0 unspecified atom stereocenters. The number of para-hydroxylation sites is 1. The molecule has 0 saturated carbocycles. The third-order valence-electron chi connectivity index (χ3n) is 5.61. The monoisotopic (exact) mass is 345 g/mol. The Bertz CT molecular complexity index is 966. The van der Waals surface area contributed by atoms with E-state index in [-0.39, 0.29) is 11.2 Å². The fraction of sp³-hybridized carbons (Fsp3) is 0.261. The van der Waals surface area contributed by atoms with E-state index in [1.807, 2.05) is 24.3 Å². The molecule has 1 heterocycles. The summed E-state index contributed by atoms with van der Waals surface area (Å²) in [5.74, 6) is 0.915. The van der Waals surface area contributed by atoms with Crippen LogP contribution < -0.4 is 9.64 Å².